The zero-order valence-electron chi connectivity index (χ0n) is 11.9. The highest BCUT2D eigenvalue weighted by Crippen LogP contribution is 2.13. The van der Waals surface area contributed by atoms with E-state index in [4.69, 9.17) is 4.74 Å². The van der Waals surface area contributed by atoms with E-state index in [0.29, 0.717) is 13.0 Å². The van der Waals surface area contributed by atoms with E-state index in [-0.39, 0.29) is 0 Å². The Hall–Kier alpha value is -0.890. The molecule has 2 nitrogen and oxygen atoms in total. The molecule has 0 aromatic rings. The van der Waals surface area contributed by atoms with Gasteiger partial charge in [0.25, 0.3) is 0 Å². The molecule has 98 valence electrons. The molecule has 0 radical (unpaired) electrons. The van der Waals surface area contributed by atoms with Crippen LogP contribution in [-0.4, -0.2) is 18.5 Å². The molecule has 0 aliphatic carbocycles. The lowest BCUT2D eigenvalue weighted by molar-refractivity contribution is -0.127. The molecular weight excluding hydrogens is 212 g/mol. The third-order valence-electron chi connectivity index (χ3n) is 2.89. The highest BCUT2D eigenvalue weighted by atomic mass is 16.5. The normalized spacial score (nSPS) is 15.2. The van der Waals surface area contributed by atoms with Crippen LogP contribution in [0, 0.1) is 0 Å². The van der Waals surface area contributed by atoms with Crippen molar-refractivity contribution in [2.24, 2.45) is 0 Å². The van der Waals surface area contributed by atoms with Gasteiger partial charge in [0.15, 0.2) is 6.29 Å². The van der Waals surface area contributed by atoms with Gasteiger partial charge in [0.1, 0.15) is 5.60 Å². The molecule has 0 heterocycles. The van der Waals surface area contributed by atoms with E-state index < -0.39 is 5.60 Å². The summed E-state index contributed by atoms with van der Waals surface area (Å²) >= 11 is 0. The SMILES string of the molecule is CCC(C)(C=O)OCC=C(C)CCC=C(C)C. The Balaban J connectivity index is 3.99. The summed E-state index contributed by atoms with van der Waals surface area (Å²) in [5, 5.41) is 0. The molecule has 2 heteroatoms. The van der Waals surface area contributed by atoms with Crippen LogP contribution in [0.3, 0.4) is 0 Å². The Morgan fingerprint density at radius 1 is 1.24 bits per heavy atom. The van der Waals surface area contributed by atoms with Gasteiger partial charge in [0.05, 0.1) is 6.61 Å². The first-order valence-electron chi connectivity index (χ1n) is 6.33. The standard InChI is InChI=1S/C15H26O2/c1-6-15(5,12-16)17-11-10-14(4)9-7-8-13(2)3/h8,10,12H,6-7,9,11H2,1-5H3. The van der Waals surface area contributed by atoms with Crippen molar-refractivity contribution in [1.82, 2.24) is 0 Å². The second-order valence-corrected chi connectivity index (χ2v) is 4.97. The van der Waals surface area contributed by atoms with Crippen molar-refractivity contribution in [3.05, 3.63) is 23.3 Å². The number of rotatable bonds is 8. The third-order valence-corrected chi connectivity index (χ3v) is 2.89. The van der Waals surface area contributed by atoms with Crippen LogP contribution in [-0.2, 0) is 9.53 Å². The largest absolute Gasteiger partial charge is 0.364 e. The number of carbonyl (C=O) groups is 1. The van der Waals surface area contributed by atoms with E-state index in [9.17, 15) is 4.79 Å². The van der Waals surface area contributed by atoms with Crippen LogP contribution in [0.5, 0.6) is 0 Å². The van der Waals surface area contributed by atoms with Gasteiger partial charge in [-0.05, 0) is 47.0 Å². The van der Waals surface area contributed by atoms with Gasteiger partial charge >= 0.3 is 0 Å². The van der Waals surface area contributed by atoms with Gasteiger partial charge in [-0.3, -0.25) is 0 Å². The van der Waals surface area contributed by atoms with E-state index in [0.717, 1.165) is 19.1 Å². The minimum atomic E-state index is -0.628. The lowest BCUT2D eigenvalue weighted by atomic mass is 10.1. The maximum Gasteiger partial charge on any atom is 0.151 e. The zero-order chi connectivity index (χ0) is 13.3. The summed E-state index contributed by atoms with van der Waals surface area (Å²) < 4.78 is 5.57. The van der Waals surface area contributed by atoms with E-state index in [1.54, 1.807) is 0 Å². The van der Waals surface area contributed by atoms with Gasteiger partial charge in [-0.25, -0.2) is 0 Å². The number of ether oxygens (including phenoxy) is 1. The van der Waals surface area contributed by atoms with E-state index >= 15 is 0 Å². The molecule has 0 aliphatic heterocycles. The van der Waals surface area contributed by atoms with Crippen molar-refractivity contribution in [2.75, 3.05) is 6.61 Å². The second kappa shape index (κ2) is 8.24. The summed E-state index contributed by atoms with van der Waals surface area (Å²) in [4.78, 5) is 10.8. The van der Waals surface area contributed by atoms with Crippen molar-refractivity contribution < 1.29 is 9.53 Å². The van der Waals surface area contributed by atoms with Crippen LogP contribution in [0.1, 0.15) is 53.9 Å². The van der Waals surface area contributed by atoms with Crippen LogP contribution < -0.4 is 0 Å². The highest BCUT2D eigenvalue weighted by Gasteiger charge is 2.20. The minimum absolute atomic E-state index is 0.518. The lowest BCUT2D eigenvalue weighted by Gasteiger charge is -2.20. The quantitative estimate of drug-likeness (QED) is 0.471. The van der Waals surface area contributed by atoms with Gasteiger partial charge in [0.2, 0.25) is 0 Å². The number of hydrogen-bond donors (Lipinski definition) is 0. The van der Waals surface area contributed by atoms with Crippen LogP contribution in [0.4, 0.5) is 0 Å². The molecular formula is C15H26O2. The molecule has 1 unspecified atom stereocenters. The van der Waals surface area contributed by atoms with Crippen molar-refractivity contribution in [3.63, 3.8) is 0 Å². The second-order valence-electron chi connectivity index (χ2n) is 4.97. The molecule has 0 aromatic heterocycles. The molecule has 0 saturated heterocycles. The van der Waals surface area contributed by atoms with Crippen molar-refractivity contribution in [1.29, 1.82) is 0 Å². The topological polar surface area (TPSA) is 26.3 Å². The van der Waals surface area contributed by atoms with Crippen LogP contribution in [0.25, 0.3) is 0 Å². The molecule has 0 aromatic carbocycles. The Morgan fingerprint density at radius 2 is 1.88 bits per heavy atom. The van der Waals surface area contributed by atoms with Gasteiger partial charge in [-0.15, -0.1) is 0 Å². The van der Waals surface area contributed by atoms with E-state index in [1.807, 2.05) is 13.8 Å². The molecule has 0 rings (SSSR count). The van der Waals surface area contributed by atoms with Gasteiger partial charge in [0, 0.05) is 0 Å². The number of carbonyl (C=O) groups excluding carboxylic acids is 1. The summed E-state index contributed by atoms with van der Waals surface area (Å²) in [6, 6.07) is 0. The van der Waals surface area contributed by atoms with Crippen LogP contribution in [0.15, 0.2) is 23.3 Å². The Kier molecular flexibility index (Phi) is 7.81. The molecule has 0 saturated carbocycles. The summed E-state index contributed by atoms with van der Waals surface area (Å²) in [5.41, 5.74) is 2.04. The number of aldehydes is 1. The Bertz CT molecular complexity index is 285. The fourth-order valence-corrected chi connectivity index (χ4v) is 1.28. The number of allylic oxidation sites excluding steroid dienone is 3. The minimum Gasteiger partial charge on any atom is -0.364 e. The van der Waals surface area contributed by atoms with Gasteiger partial charge in [-0.1, -0.05) is 30.2 Å². The first-order chi connectivity index (χ1) is 7.93. The average molecular weight is 238 g/mol. The molecule has 0 bridgehead atoms. The van der Waals surface area contributed by atoms with Gasteiger partial charge < -0.3 is 9.53 Å². The van der Waals surface area contributed by atoms with E-state index in [2.05, 4.69) is 32.9 Å². The summed E-state index contributed by atoms with van der Waals surface area (Å²) in [6.45, 7) is 10.6. The zero-order valence-corrected chi connectivity index (χ0v) is 11.9. The van der Waals surface area contributed by atoms with Crippen LogP contribution in [0.2, 0.25) is 0 Å². The molecule has 0 spiro atoms. The first-order valence-corrected chi connectivity index (χ1v) is 6.33. The van der Waals surface area contributed by atoms with Crippen molar-refractivity contribution >= 4 is 6.29 Å². The van der Waals surface area contributed by atoms with Crippen LogP contribution >= 0.6 is 0 Å². The lowest BCUT2D eigenvalue weighted by Crippen LogP contribution is -2.29. The summed E-state index contributed by atoms with van der Waals surface area (Å²) in [5.74, 6) is 0. The fraction of sp³-hybridized carbons (Fsp3) is 0.667. The van der Waals surface area contributed by atoms with Crippen molar-refractivity contribution in [2.45, 2.75) is 59.5 Å². The monoisotopic (exact) mass is 238 g/mol. The number of hydrogen-bond acceptors (Lipinski definition) is 2. The first kappa shape index (κ1) is 16.1. The third kappa shape index (κ3) is 7.92. The molecule has 0 fully saturated rings. The smallest absolute Gasteiger partial charge is 0.151 e. The average Bonchev–Trinajstić information content (AvgIpc) is 2.28. The highest BCUT2D eigenvalue weighted by molar-refractivity contribution is 5.61. The maximum atomic E-state index is 10.8. The van der Waals surface area contributed by atoms with Gasteiger partial charge in [-0.2, -0.15) is 0 Å². The van der Waals surface area contributed by atoms with E-state index in [1.165, 1.54) is 11.1 Å². The maximum absolute atomic E-state index is 10.8. The molecule has 0 aliphatic rings. The molecule has 0 amide bonds. The molecule has 1 atom stereocenters. The molecule has 17 heavy (non-hydrogen) atoms. The fourth-order valence-electron chi connectivity index (χ4n) is 1.28. The molecule has 0 N–H and O–H groups in total. The Labute approximate surface area is 106 Å². The predicted octanol–water partition coefficient (Wildman–Crippen LogP) is 4.06. The predicted molar refractivity (Wildman–Crippen MR) is 73.1 cm³/mol. The Morgan fingerprint density at radius 3 is 2.35 bits per heavy atom. The summed E-state index contributed by atoms with van der Waals surface area (Å²) in [7, 11) is 0. The summed E-state index contributed by atoms with van der Waals surface area (Å²) in [6.07, 6.45) is 8.03. The van der Waals surface area contributed by atoms with Crippen molar-refractivity contribution in [3.8, 4) is 0 Å².